The van der Waals surface area contributed by atoms with Crippen molar-refractivity contribution in [2.24, 2.45) is 0 Å². The van der Waals surface area contributed by atoms with Gasteiger partial charge in [0, 0.05) is 13.0 Å². The third-order valence-corrected chi connectivity index (χ3v) is 4.50. The minimum absolute atomic E-state index is 0.287. The highest BCUT2D eigenvalue weighted by Crippen LogP contribution is 2.19. The van der Waals surface area contributed by atoms with Gasteiger partial charge in [-0.2, -0.15) is 0 Å². The summed E-state index contributed by atoms with van der Waals surface area (Å²) in [6, 6.07) is 16.6. The molecule has 2 atom stereocenters. The van der Waals surface area contributed by atoms with Crippen molar-refractivity contribution >= 4 is 0 Å². The molecule has 4 rings (SSSR count). The summed E-state index contributed by atoms with van der Waals surface area (Å²) < 4.78 is 27.2. The second kappa shape index (κ2) is 9.22. The fourth-order valence-corrected chi connectivity index (χ4v) is 2.73. The smallest absolute Gasteiger partial charge is 0.119 e. The van der Waals surface area contributed by atoms with Crippen molar-refractivity contribution in [3.05, 3.63) is 59.7 Å². The van der Waals surface area contributed by atoms with Crippen molar-refractivity contribution in [1.29, 1.82) is 0 Å². The van der Waals surface area contributed by atoms with Crippen LogP contribution in [0.1, 0.15) is 17.5 Å². The highest BCUT2D eigenvalue weighted by Gasteiger charge is 2.23. The van der Waals surface area contributed by atoms with E-state index in [0.717, 1.165) is 37.6 Å². The summed E-state index contributed by atoms with van der Waals surface area (Å²) in [6.07, 6.45) is 2.40. The van der Waals surface area contributed by atoms with E-state index >= 15 is 0 Å². The Morgan fingerprint density at radius 1 is 0.704 bits per heavy atom. The van der Waals surface area contributed by atoms with Gasteiger partial charge in [0.2, 0.25) is 0 Å². The Balaban J connectivity index is 1.15. The Morgan fingerprint density at radius 3 is 1.85 bits per heavy atom. The number of ether oxygens (including phenoxy) is 5. The molecule has 0 amide bonds. The van der Waals surface area contributed by atoms with Crippen molar-refractivity contribution in [2.45, 2.75) is 25.0 Å². The van der Waals surface area contributed by atoms with E-state index in [2.05, 4.69) is 24.3 Å². The SMILES string of the molecule is c1cc(OCCCOCC2CO2)ccc1Cc1ccc(OCC2CO2)cc1. The van der Waals surface area contributed by atoms with E-state index in [9.17, 15) is 0 Å². The molecule has 144 valence electrons. The predicted octanol–water partition coefficient (Wildman–Crippen LogP) is 3.24. The van der Waals surface area contributed by atoms with Crippen molar-refractivity contribution in [1.82, 2.24) is 0 Å². The maximum Gasteiger partial charge on any atom is 0.119 e. The molecule has 5 heteroatoms. The summed E-state index contributed by atoms with van der Waals surface area (Å²) in [5, 5.41) is 0. The molecule has 2 aromatic carbocycles. The zero-order chi connectivity index (χ0) is 18.3. The molecule has 27 heavy (non-hydrogen) atoms. The summed E-state index contributed by atoms with van der Waals surface area (Å²) in [4.78, 5) is 0. The van der Waals surface area contributed by atoms with E-state index in [-0.39, 0.29) is 6.10 Å². The number of benzene rings is 2. The van der Waals surface area contributed by atoms with E-state index in [1.54, 1.807) is 0 Å². The van der Waals surface area contributed by atoms with E-state index in [4.69, 9.17) is 23.7 Å². The molecule has 0 N–H and O–H groups in total. The molecule has 0 saturated carbocycles. The first-order valence-electron chi connectivity index (χ1n) is 9.59. The lowest BCUT2D eigenvalue weighted by molar-refractivity contribution is 0.104. The average molecular weight is 370 g/mol. The Kier molecular flexibility index (Phi) is 6.25. The highest BCUT2D eigenvalue weighted by atomic mass is 16.6. The molecular weight excluding hydrogens is 344 g/mol. The van der Waals surface area contributed by atoms with Crippen molar-refractivity contribution in [3.8, 4) is 11.5 Å². The maximum absolute atomic E-state index is 5.76. The van der Waals surface area contributed by atoms with Gasteiger partial charge in [0.1, 0.15) is 30.3 Å². The van der Waals surface area contributed by atoms with Gasteiger partial charge in [-0.3, -0.25) is 0 Å². The lowest BCUT2D eigenvalue weighted by Gasteiger charge is -2.08. The van der Waals surface area contributed by atoms with Crippen LogP contribution in [0.5, 0.6) is 11.5 Å². The fourth-order valence-electron chi connectivity index (χ4n) is 2.73. The molecule has 0 aromatic heterocycles. The van der Waals surface area contributed by atoms with Crippen LogP contribution in [0, 0.1) is 0 Å². The predicted molar refractivity (Wildman–Crippen MR) is 102 cm³/mol. The molecular formula is C22H26O5. The largest absolute Gasteiger partial charge is 0.494 e. The van der Waals surface area contributed by atoms with Crippen LogP contribution in [-0.4, -0.2) is 51.8 Å². The van der Waals surface area contributed by atoms with Crippen LogP contribution in [0.25, 0.3) is 0 Å². The van der Waals surface area contributed by atoms with E-state index in [0.29, 0.717) is 32.5 Å². The van der Waals surface area contributed by atoms with Gasteiger partial charge in [-0.05, 0) is 41.8 Å². The molecule has 0 radical (unpaired) electrons. The van der Waals surface area contributed by atoms with E-state index in [1.165, 1.54) is 11.1 Å². The number of hydrogen-bond donors (Lipinski definition) is 0. The molecule has 0 aliphatic carbocycles. The summed E-state index contributed by atoms with van der Waals surface area (Å²) in [6.45, 7) is 4.39. The summed E-state index contributed by atoms with van der Waals surface area (Å²) >= 11 is 0. The molecule has 2 aromatic rings. The first-order chi connectivity index (χ1) is 13.3. The summed E-state index contributed by atoms with van der Waals surface area (Å²) in [5.41, 5.74) is 2.52. The van der Waals surface area contributed by atoms with Crippen LogP contribution in [0.2, 0.25) is 0 Å². The molecule has 2 saturated heterocycles. The molecule has 2 fully saturated rings. The number of hydrogen-bond acceptors (Lipinski definition) is 5. The van der Waals surface area contributed by atoms with Gasteiger partial charge in [-0.1, -0.05) is 24.3 Å². The highest BCUT2D eigenvalue weighted by molar-refractivity contribution is 5.34. The zero-order valence-corrected chi connectivity index (χ0v) is 15.5. The van der Waals surface area contributed by atoms with Crippen LogP contribution in [0.4, 0.5) is 0 Å². The quantitative estimate of drug-likeness (QED) is 0.424. The van der Waals surface area contributed by atoms with Crippen molar-refractivity contribution in [2.75, 3.05) is 39.6 Å². The van der Waals surface area contributed by atoms with Gasteiger partial charge in [0.05, 0.1) is 26.4 Å². The van der Waals surface area contributed by atoms with Gasteiger partial charge >= 0.3 is 0 Å². The van der Waals surface area contributed by atoms with Crippen molar-refractivity contribution in [3.63, 3.8) is 0 Å². The molecule has 2 unspecified atom stereocenters. The molecule has 0 spiro atoms. The minimum Gasteiger partial charge on any atom is -0.494 e. The van der Waals surface area contributed by atoms with Crippen LogP contribution < -0.4 is 9.47 Å². The Labute approximate surface area is 160 Å². The standard InChI is InChI=1S/C22H26O5/c1(10-23-13-21-14-26-21)11-24-19-6-2-17(3-7-19)12-18-4-8-20(9-5-18)25-15-22-16-27-22/h2-9,21-22H,1,10-16H2. The molecule has 2 heterocycles. The summed E-state index contributed by atoms with van der Waals surface area (Å²) in [7, 11) is 0. The number of rotatable bonds is 12. The van der Waals surface area contributed by atoms with Crippen LogP contribution >= 0.6 is 0 Å². The van der Waals surface area contributed by atoms with Gasteiger partial charge in [0.25, 0.3) is 0 Å². The van der Waals surface area contributed by atoms with E-state index < -0.39 is 0 Å². The normalized spacial score (nSPS) is 20.3. The average Bonchev–Trinajstić information content (AvgIpc) is 3.61. The minimum atomic E-state index is 0.287. The molecule has 5 nitrogen and oxygen atoms in total. The van der Waals surface area contributed by atoms with Gasteiger partial charge < -0.3 is 23.7 Å². The van der Waals surface area contributed by atoms with Crippen LogP contribution in [0.3, 0.4) is 0 Å². The monoisotopic (exact) mass is 370 g/mol. The lowest BCUT2D eigenvalue weighted by Crippen LogP contribution is -2.06. The topological polar surface area (TPSA) is 52.8 Å². The fraction of sp³-hybridized carbons (Fsp3) is 0.455. The molecule has 2 aliphatic rings. The van der Waals surface area contributed by atoms with Crippen LogP contribution in [0.15, 0.2) is 48.5 Å². The maximum atomic E-state index is 5.76. The lowest BCUT2D eigenvalue weighted by atomic mass is 10.0. The third kappa shape index (κ3) is 6.54. The Hall–Kier alpha value is -2.08. The van der Waals surface area contributed by atoms with Gasteiger partial charge in [0.15, 0.2) is 0 Å². The molecule has 2 aliphatic heterocycles. The van der Waals surface area contributed by atoms with Gasteiger partial charge in [-0.25, -0.2) is 0 Å². The number of epoxide rings is 2. The first kappa shape index (κ1) is 18.3. The second-order valence-electron chi connectivity index (χ2n) is 6.96. The molecule has 0 bridgehead atoms. The first-order valence-corrected chi connectivity index (χ1v) is 9.59. The Morgan fingerprint density at radius 2 is 1.26 bits per heavy atom. The van der Waals surface area contributed by atoms with E-state index in [1.807, 2.05) is 24.3 Å². The third-order valence-electron chi connectivity index (χ3n) is 4.50. The zero-order valence-electron chi connectivity index (χ0n) is 15.5. The van der Waals surface area contributed by atoms with Crippen molar-refractivity contribution < 1.29 is 23.7 Å². The Bertz CT molecular complexity index is 690. The van der Waals surface area contributed by atoms with Crippen LogP contribution in [-0.2, 0) is 20.6 Å². The summed E-state index contributed by atoms with van der Waals surface area (Å²) in [5.74, 6) is 1.79. The second-order valence-corrected chi connectivity index (χ2v) is 6.96. The van der Waals surface area contributed by atoms with Gasteiger partial charge in [-0.15, -0.1) is 0 Å².